The Labute approximate surface area is 138 Å². The Morgan fingerprint density at radius 2 is 1.50 bits per heavy atom. The van der Waals surface area contributed by atoms with Gasteiger partial charge in [-0.05, 0) is 4.47 Å². The van der Waals surface area contributed by atoms with Gasteiger partial charge in [0.2, 0.25) is 0 Å². The van der Waals surface area contributed by atoms with Crippen molar-refractivity contribution in [1.82, 2.24) is 0 Å². The van der Waals surface area contributed by atoms with Gasteiger partial charge in [0.15, 0.2) is 0 Å². The average Bonchev–Trinajstić information content (AvgIpc) is 3.06. The fraction of sp³-hybridized carbons (Fsp3) is 0. The zero-order valence-electron chi connectivity index (χ0n) is 10.3. The normalized spacial score (nSPS) is 6.40. The van der Waals surface area contributed by atoms with Gasteiger partial charge in [-0.3, -0.25) is 0 Å². The van der Waals surface area contributed by atoms with Crippen molar-refractivity contribution < 1.29 is 26.4 Å². The molecule has 0 aliphatic carbocycles. The minimum atomic E-state index is 0. The molecule has 2 aromatic carbocycles. The summed E-state index contributed by atoms with van der Waals surface area (Å²) in [5, 5.41) is 8.27. The van der Waals surface area contributed by atoms with Crippen molar-refractivity contribution in [2.75, 3.05) is 0 Å². The first-order chi connectivity index (χ1) is 9.33. The summed E-state index contributed by atoms with van der Waals surface area (Å²) < 4.78 is 16.0. The predicted octanol–water partition coefficient (Wildman–Crippen LogP) is 3.85. The summed E-state index contributed by atoms with van der Waals surface area (Å²) in [4.78, 5) is 0. The van der Waals surface area contributed by atoms with Crippen molar-refractivity contribution in [2.24, 2.45) is 0 Å². The van der Waals surface area contributed by atoms with E-state index < -0.39 is 0 Å². The van der Waals surface area contributed by atoms with Gasteiger partial charge in [0.1, 0.15) is 0 Å². The number of nitrogens with zero attached hydrogens (tertiary/aromatic N) is 1. The van der Waals surface area contributed by atoms with E-state index in [9.17, 15) is 0 Å². The van der Waals surface area contributed by atoms with Gasteiger partial charge in [-0.1, -0.05) is 22.4 Å². The molecule has 0 spiro atoms. The van der Waals surface area contributed by atoms with E-state index in [-0.39, 0.29) is 17.1 Å². The molecule has 0 radical (unpaired) electrons. The molecule has 5 heteroatoms. The van der Waals surface area contributed by atoms with Crippen molar-refractivity contribution in [3.05, 3.63) is 84.4 Å². The van der Waals surface area contributed by atoms with E-state index in [0.717, 1.165) is 10.0 Å². The standard InChI is InChI=1S/C8H5BrN.C5H5.2CO.Fe/c9-8-3-1-7(2-4-8)5-6-10;1-2-4-5-3-1;2*1-2;/h1-5H;1-5H;;;/q2*-1;;;+2. The molecule has 0 amide bonds. The SMILES string of the molecule is N#C[CH-]c1ccc(Br)cc1.[C-]#[O+].[C-]#[O+].[Fe+2].c1cc[cH-]c1. The van der Waals surface area contributed by atoms with Crippen LogP contribution in [-0.4, -0.2) is 0 Å². The molecule has 0 heterocycles. The minimum absolute atomic E-state index is 0. The summed E-state index contributed by atoms with van der Waals surface area (Å²) in [6.07, 6.45) is 1.51. The van der Waals surface area contributed by atoms with Gasteiger partial charge in [-0.2, -0.15) is 35.9 Å². The van der Waals surface area contributed by atoms with Crippen molar-refractivity contribution in [3.8, 4) is 6.07 Å². The molecule has 102 valence electrons. The molecule has 0 saturated heterocycles. The van der Waals surface area contributed by atoms with Crippen LogP contribution in [0.1, 0.15) is 5.56 Å². The third kappa shape index (κ3) is 14.5. The molecule has 2 aromatic rings. The van der Waals surface area contributed by atoms with Crippen LogP contribution in [0.15, 0.2) is 59.1 Å². The molecule has 0 aliphatic heterocycles. The molecule has 0 atom stereocenters. The molecule has 0 aliphatic rings. The second-order valence-electron chi connectivity index (χ2n) is 2.79. The fourth-order valence-corrected chi connectivity index (χ4v) is 1.22. The Morgan fingerprint density at radius 1 is 1.05 bits per heavy atom. The summed E-state index contributed by atoms with van der Waals surface area (Å²) in [6.45, 7) is 9.00. The zero-order chi connectivity index (χ0) is 14.9. The van der Waals surface area contributed by atoms with Crippen LogP contribution < -0.4 is 0 Å². The summed E-state index contributed by atoms with van der Waals surface area (Å²) >= 11 is 3.30. The monoisotopic (exact) mass is 371 g/mol. The Hall–Kier alpha value is -1.59. The van der Waals surface area contributed by atoms with Crippen molar-refractivity contribution in [1.29, 1.82) is 5.26 Å². The Morgan fingerprint density at radius 3 is 1.80 bits per heavy atom. The molecule has 3 nitrogen and oxygen atoms in total. The maximum Gasteiger partial charge on any atom is 2.00 e. The van der Waals surface area contributed by atoms with Crippen LogP contribution in [-0.2, 0) is 26.4 Å². The quantitative estimate of drug-likeness (QED) is 0.426. The van der Waals surface area contributed by atoms with E-state index >= 15 is 0 Å². The number of hydrogen-bond donors (Lipinski definition) is 0. The second-order valence-corrected chi connectivity index (χ2v) is 3.70. The molecule has 0 unspecified atom stereocenters. The molecular weight excluding hydrogens is 362 g/mol. The predicted molar refractivity (Wildman–Crippen MR) is 73.1 cm³/mol. The first-order valence-electron chi connectivity index (χ1n) is 4.89. The van der Waals surface area contributed by atoms with Gasteiger partial charge >= 0.3 is 39.7 Å². The van der Waals surface area contributed by atoms with Crippen LogP contribution in [0.4, 0.5) is 0 Å². The van der Waals surface area contributed by atoms with Crippen molar-refractivity contribution >= 4 is 15.9 Å². The third-order valence-corrected chi connectivity index (χ3v) is 2.19. The Bertz CT molecular complexity index is 461. The minimum Gasteiger partial charge on any atom is -0.214 e. The van der Waals surface area contributed by atoms with Crippen LogP contribution >= 0.6 is 15.9 Å². The van der Waals surface area contributed by atoms with Crippen LogP contribution in [0.2, 0.25) is 0 Å². The molecular formula is C15H10BrFeNO2. The maximum atomic E-state index is 8.27. The van der Waals surface area contributed by atoms with E-state index in [4.69, 9.17) is 14.6 Å². The molecule has 20 heavy (non-hydrogen) atoms. The van der Waals surface area contributed by atoms with E-state index in [1.54, 1.807) is 0 Å². The number of nitriles is 1. The van der Waals surface area contributed by atoms with Gasteiger partial charge in [0.25, 0.3) is 0 Å². The van der Waals surface area contributed by atoms with Gasteiger partial charge in [0.05, 0.1) is 0 Å². The Balaban J connectivity index is -0.000000246. The van der Waals surface area contributed by atoms with E-state index in [2.05, 4.69) is 29.2 Å². The van der Waals surface area contributed by atoms with E-state index in [1.165, 1.54) is 6.42 Å². The largest absolute Gasteiger partial charge is 2.00 e. The van der Waals surface area contributed by atoms with Crippen LogP contribution in [0.3, 0.4) is 0 Å². The van der Waals surface area contributed by atoms with Crippen LogP contribution in [0, 0.1) is 31.1 Å². The van der Waals surface area contributed by atoms with Crippen LogP contribution in [0.25, 0.3) is 0 Å². The number of halogens is 1. The van der Waals surface area contributed by atoms with Crippen molar-refractivity contribution in [3.63, 3.8) is 0 Å². The van der Waals surface area contributed by atoms with E-state index in [1.807, 2.05) is 60.7 Å². The summed E-state index contributed by atoms with van der Waals surface area (Å²) in [5.74, 6) is 0. The number of benzene rings is 1. The molecule has 0 fully saturated rings. The van der Waals surface area contributed by atoms with Gasteiger partial charge in [-0.15, -0.1) is 12.1 Å². The van der Waals surface area contributed by atoms with Gasteiger partial charge in [-0.25, -0.2) is 17.4 Å². The first kappa shape index (κ1) is 23.5. The van der Waals surface area contributed by atoms with E-state index in [0.29, 0.717) is 0 Å². The molecule has 0 bridgehead atoms. The average molecular weight is 372 g/mol. The molecule has 0 saturated carbocycles. The summed E-state index contributed by atoms with van der Waals surface area (Å²) in [5.41, 5.74) is 0.936. The maximum absolute atomic E-state index is 8.27. The van der Waals surface area contributed by atoms with Crippen molar-refractivity contribution in [2.45, 2.75) is 0 Å². The Kier molecular flexibility index (Phi) is 23.2. The third-order valence-electron chi connectivity index (χ3n) is 1.66. The number of hydrogen-bond acceptors (Lipinski definition) is 1. The molecule has 0 aromatic heterocycles. The summed E-state index contributed by atoms with van der Waals surface area (Å²) in [7, 11) is 0. The smallest absolute Gasteiger partial charge is 0.214 e. The molecule has 2 rings (SSSR count). The van der Waals surface area contributed by atoms with Crippen LogP contribution in [0.5, 0.6) is 0 Å². The number of rotatable bonds is 1. The summed E-state index contributed by atoms with van der Waals surface area (Å²) in [6, 6.07) is 19.5. The molecule has 0 N–H and O–H groups in total. The first-order valence-corrected chi connectivity index (χ1v) is 5.68. The second kappa shape index (κ2) is 19.7. The zero-order valence-corrected chi connectivity index (χ0v) is 13.0. The topological polar surface area (TPSA) is 63.6 Å². The van der Waals surface area contributed by atoms with Gasteiger partial charge < -0.3 is 0 Å². The fourth-order valence-electron chi connectivity index (χ4n) is 0.954. The van der Waals surface area contributed by atoms with Gasteiger partial charge in [0, 0.05) is 6.07 Å².